The van der Waals surface area contributed by atoms with Gasteiger partial charge in [0.2, 0.25) is 23.6 Å². The molecule has 0 bridgehead atoms. The van der Waals surface area contributed by atoms with Gasteiger partial charge in [-0.1, -0.05) is 111 Å². The number of aliphatic hydroxyl groups excluding tert-OH is 1. The van der Waals surface area contributed by atoms with Gasteiger partial charge in [-0.25, -0.2) is 14.4 Å². The third-order valence-electron chi connectivity index (χ3n) is 13.0. The van der Waals surface area contributed by atoms with E-state index in [1.54, 1.807) is 76.9 Å². The van der Waals surface area contributed by atoms with Gasteiger partial charge in [0.1, 0.15) is 31.0 Å². The molecule has 0 saturated heterocycles. The number of likely N-dealkylation sites (N-methyl/N-ethyl adjacent to an activating group) is 2. The summed E-state index contributed by atoms with van der Waals surface area (Å²) in [6.07, 6.45) is -0.124. The number of carbonyl (C=O) groups excluding carboxylic acids is 8. The van der Waals surface area contributed by atoms with Crippen LogP contribution in [0.4, 0.5) is 15.3 Å². The van der Waals surface area contributed by atoms with E-state index in [0.29, 0.717) is 17.7 Å². The Balaban J connectivity index is 2.39. The number of rotatable bonds is 29. The van der Waals surface area contributed by atoms with Crippen LogP contribution in [0.3, 0.4) is 0 Å². The van der Waals surface area contributed by atoms with Crippen LogP contribution < -0.4 is 38.1 Å². The molecule has 0 aliphatic heterocycles. The molecular weight excluding hydrogens is 979 g/mol. The molecule has 1 unspecified atom stereocenters. The van der Waals surface area contributed by atoms with E-state index >= 15 is 0 Å². The highest BCUT2D eigenvalue weighted by atomic mass is 16.6. The second kappa shape index (κ2) is 30.8. The van der Waals surface area contributed by atoms with E-state index in [0.717, 1.165) is 5.56 Å². The monoisotopic (exact) mass is 1070 g/mol. The number of hydrogen-bond acceptors (Lipinski definition) is 14. The van der Waals surface area contributed by atoms with Crippen LogP contribution in [0.15, 0.2) is 66.2 Å². The zero-order valence-corrected chi connectivity index (χ0v) is 47.1. The molecule has 76 heavy (non-hydrogen) atoms. The minimum absolute atomic E-state index is 0.0367. The van der Waals surface area contributed by atoms with Crippen LogP contribution in [0, 0.1) is 17.3 Å². The number of amides is 7. The Morgan fingerprint density at radius 2 is 1.36 bits per heavy atom. The summed E-state index contributed by atoms with van der Waals surface area (Å²) in [6, 6.07) is 9.35. The normalized spacial score (nSPS) is 14.8. The van der Waals surface area contributed by atoms with Gasteiger partial charge in [-0.05, 0) is 87.6 Å². The van der Waals surface area contributed by atoms with E-state index < -0.39 is 101 Å². The fraction of sp³-hybridized carbons (Fsp3) is 0.600. The molecule has 0 aliphatic rings. The number of primary amides is 1. The average Bonchev–Trinajstić information content (AvgIpc) is 3.35. The lowest BCUT2D eigenvalue weighted by atomic mass is 9.76. The first-order valence-electron chi connectivity index (χ1n) is 25.9. The van der Waals surface area contributed by atoms with Crippen molar-refractivity contribution in [2.24, 2.45) is 28.7 Å². The Morgan fingerprint density at radius 3 is 1.89 bits per heavy atom. The van der Waals surface area contributed by atoms with Gasteiger partial charge in [0.15, 0.2) is 0 Å². The molecule has 7 atom stereocenters. The molecule has 0 radical (unpaired) electrons. The summed E-state index contributed by atoms with van der Waals surface area (Å²) in [4.78, 5) is 108. The maximum Gasteiger partial charge on any atom is 0.410 e. The van der Waals surface area contributed by atoms with Crippen LogP contribution in [-0.4, -0.2) is 139 Å². The highest BCUT2D eigenvalue weighted by molar-refractivity contribution is 5.98. The number of anilines is 1. The molecule has 0 aromatic heterocycles. The van der Waals surface area contributed by atoms with Crippen molar-refractivity contribution in [2.45, 2.75) is 163 Å². The number of aliphatic hydroxyl groups is 1. The first-order valence-corrected chi connectivity index (χ1v) is 25.9. The molecule has 10 N–H and O–H groups in total. The number of carbonyl (C=O) groups is 8. The van der Waals surface area contributed by atoms with Crippen molar-refractivity contribution in [3.63, 3.8) is 0 Å². The minimum atomic E-state index is -1.34. The van der Waals surface area contributed by atoms with Gasteiger partial charge in [-0.15, -0.1) is 0 Å². The second-order valence-corrected chi connectivity index (χ2v) is 21.2. The van der Waals surface area contributed by atoms with Crippen LogP contribution in [0.2, 0.25) is 0 Å². The van der Waals surface area contributed by atoms with Crippen molar-refractivity contribution in [3.05, 3.63) is 77.4 Å². The van der Waals surface area contributed by atoms with E-state index in [1.807, 2.05) is 78.8 Å². The second-order valence-electron chi connectivity index (χ2n) is 21.2. The molecule has 21 nitrogen and oxygen atoms in total. The first kappa shape index (κ1) is 65.5. The third kappa shape index (κ3) is 20.5. The predicted octanol–water partition coefficient (Wildman–Crippen LogP) is 4.60. The summed E-state index contributed by atoms with van der Waals surface area (Å²) in [6.45, 7) is 21.7. The van der Waals surface area contributed by atoms with E-state index in [4.69, 9.17) is 25.7 Å². The lowest BCUT2D eigenvalue weighted by molar-refractivity contribution is -0.148. The highest BCUT2D eigenvalue weighted by Crippen LogP contribution is 2.33. The number of hydrogen-bond donors (Lipinski definition) is 8. The lowest BCUT2D eigenvalue weighted by Crippen LogP contribution is -2.64. The fourth-order valence-corrected chi connectivity index (χ4v) is 8.39. The minimum Gasteiger partial charge on any atom is -0.466 e. The van der Waals surface area contributed by atoms with Crippen molar-refractivity contribution in [2.75, 3.05) is 39.2 Å². The van der Waals surface area contributed by atoms with E-state index in [2.05, 4.69) is 26.6 Å². The molecule has 0 fully saturated rings. The summed E-state index contributed by atoms with van der Waals surface area (Å²) < 4.78 is 16.0. The zero-order valence-electron chi connectivity index (χ0n) is 47.1. The van der Waals surface area contributed by atoms with Crippen LogP contribution in [0.25, 0.3) is 0 Å². The lowest BCUT2D eigenvalue weighted by Gasteiger charge is -2.45. The highest BCUT2D eigenvalue weighted by Gasteiger charge is 2.45. The molecule has 2 aromatic rings. The van der Waals surface area contributed by atoms with Gasteiger partial charge in [-0.3, -0.25) is 33.8 Å². The Kier molecular flexibility index (Phi) is 26.6. The first-order chi connectivity index (χ1) is 35.5. The van der Waals surface area contributed by atoms with Crippen LogP contribution in [-0.2, 0) is 55.0 Å². The molecule has 0 spiro atoms. The molecule has 7 amide bonds. The van der Waals surface area contributed by atoms with Crippen LogP contribution in [0.1, 0.15) is 120 Å². The van der Waals surface area contributed by atoms with Crippen molar-refractivity contribution in [3.8, 4) is 0 Å². The summed E-state index contributed by atoms with van der Waals surface area (Å²) in [7, 11) is 3.14. The number of esters is 2. The number of nitrogens with one attached hydrogen (secondary N) is 5. The van der Waals surface area contributed by atoms with Crippen molar-refractivity contribution in [1.29, 1.82) is 0 Å². The van der Waals surface area contributed by atoms with Crippen molar-refractivity contribution < 1.29 is 57.7 Å². The number of ether oxygens (including phenoxy) is 3. The van der Waals surface area contributed by atoms with Gasteiger partial charge < -0.3 is 57.4 Å². The maximum absolute atomic E-state index is 15.0. The van der Waals surface area contributed by atoms with E-state index in [9.17, 15) is 43.5 Å². The fourth-order valence-electron chi connectivity index (χ4n) is 8.39. The zero-order chi connectivity index (χ0) is 57.7. The summed E-state index contributed by atoms with van der Waals surface area (Å²) >= 11 is 0. The molecule has 0 heterocycles. The van der Waals surface area contributed by atoms with Crippen LogP contribution in [0.5, 0.6) is 0 Å². The van der Waals surface area contributed by atoms with Gasteiger partial charge in [0, 0.05) is 42.7 Å². The molecule has 21 heteroatoms. The van der Waals surface area contributed by atoms with Gasteiger partial charge in [0.05, 0.1) is 25.3 Å². The number of benzene rings is 2. The number of nitrogens with two attached hydrogens (primary N) is 2. The SMILES string of the molecule is CCOC(=O)CC[C@@H](NC(=O)/C(C)=C/[C@H](C(C)C)N(C)C(O)[C@@H](NC(=O)[C@@H](N(C)C(=O)OCc1ccc(NC(=O)[C@H](CCCNC(N)=O)NC(=O)[C@@H](N)C(C)C)cc1)C(C)(C)c1ccccc1)C(C)(C)C)C(=O)OCC. The van der Waals surface area contributed by atoms with E-state index in [1.165, 1.54) is 11.9 Å². The number of urea groups is 1. The van der Waals surface area contributed by atoms with Gasteiger partial charge >= 0.3 is 24.1 Å². The topological polar surface area (TPSA) is 303 Å². The Bertz CT molecular complexity index is 2270. The van der Waals surface area contributed by atoms with Gasteiger partial charge in [-0.2, -0.15) is 0 Å². The Labute approximate surface area is 449 Å². The Hall–Kier alpha value is -6.58. The van der Waals surface area contributed by atoms with Crippen LogP contribution >= 0.6 is 0 Å². The molecule has 2 aromatic carbocycles. The molecular formula is C55H87N9O12. The summed E-state index contributed by atoms with van der Waals surface area (Å²) in [5, 5.41) is 26.0. The largest absolute Gasteiger partial charge is 0.466 e. The predicted molar refractivity (Wildman–Crippen MR) is 290 cm³/mol. The van der Waals surface area contributed by atoms with Crippen molar-refractivity contribution >= 4 is 53.4 Å². The molecule has 0 saturated carbocycles. The van der Waals surface area contributed by atoms with E-state index in [-0.39, 0.29) is 63.0 Å². The van der Waals surface area contributed by atoms with Crippen molar-refractivity contribution in [1.82, 2.24) is 31.1 Å². The molecule has 0 aliphatic carbocycles. The van der Waals surface area contributed by atoms with Gasteiger partial charge in [0.25, 0.3) is 0 Å². The quantitative estimate of drug-likeness (QED) is 0.0182. The standard InChI is InChI=1S/C55H87N9O12/c1-15-74-42(65)29-28-40(51(71)75-16-2)61-46(66)35(7)31-41(33(3)4)63(13)50(70)44(54(8,9)10)62-49(69)45(55(11,12)37-21-18-17-19-22-37)64(14)53(73)76-32-36-24-26-38(27-25-36)59-47(67)39(23-20-30-58-52(57)72)60-48(68)43(56)34(5)6/h17-19,21-22,24-27,31,33-34,39-41,43-45,50,70H,15-16,20,23,28-30,32,56H2,1-14H3,(H,59,67)(H,60,68)(H,61,66)(H,62,69)(H3,57,58,72)/b35-31+/t39-,40+,41+,43-,44+,45+,50?/m0/s1. The number of nitrogens with zero attached hydrogens (tertiary/aromatic N) is 2. The Morgan fingerprint density at radius 1 is 0.750 bits per heavy atom. The molecule has 424 valence electrons. The summed E-state index contributed by atoms with van der Waals surface area (Å²) in [5.74, 6) is -3.74. The smallest absolute Gasteiger partial charge is 0.410 e. The third-order valence-corrected chi connectivity index (χ3v) is 13.0. The molecule has 2 rings (SSSR count). The maximum atomic E-state index is 15.0. The summed E-state index contributed by atoms with van der Waals surface area (Å²) in [5.41, 5.74) is 11.3. The average molecular weight is 1070 g/mol.